The van der Waals surface area contributed by atoms with Crippen LogP contribution < -0.4 is 16.6 Å². The molecule has 0 aliphatic heterocycles. The number of hydrogen-bond donors (Lipinski definition) is 2. The van der Waals surface area contributed by atoms with Gasteiger partial charge in [-0.15, -0.1) is 0 Å². The van der Waals surface area contributed by atoms with Crippen LogP contribution in [0.15, 0.2) is 47.4 Å². The number of nitrogens with two attached hydrogens (primary N) is 1. The molecule has 0 radical (unpaired) electrons. The van der Waals surface area contributed by atoms with E-state index in [2.05, 4.69) is 5.32 Å². The van der Waals surface area contributed by atoms with E-state index in [1.54, 1.807) is 16.8 Å². The Morgan fingerprint density at radius 3 is 2.57 bits per heavy atom. The van der Waals surface area contributed by atoms with E-state index in [9.17, 15) is 9.59 Å². The van der Waals surface area contributed by atoms with Crippen molar-refractivity contribution >= 4 is 17.3 Å². The summed E-state index contributed by atoms with van der Waals surface area (Å²) < 4.78 is 1.55. The number of hydrogen-bond acceptors (Lipinski definition) is 3. The molecule has 0 atom stereocenters. The van der Waals surface area contributed by atoms with Gasteiger partial charge in [0.25, 0.3) is 5.56 Å². The highest BCUT2D eigenvalue weighted by Crippen LogP contribution is 2.09. The van der Waals surface area contributed by atoms with E-state index in [0.717, 1.165) is 5.56 Å². The number of nitrogen functional groups attached to an aromatic ring is 1. The largest absolute Gasteiger partial charge is 0.399 e. The summed E-state index contributed by atoms with van der Waals surface area (Å²) in [5.74, 6) is -0.0758. The molecule has 0 saturated carbocycles. The fraction of sp³-hybridized carbons (Fsp3) is 0.250. The third kappa shape index (κ3) is 4.21. The molecule has 0 fully saturated rings. The van der Waals surface area contributed by atoms with Gasteiger partial charge in [0.2, 0.25) is 5.91 Å². The zero-order valence-electron chi connectivity index (χ0n) is 12.0. The summed E-state index contributed by atoms with van der Waals surface area (Å²) >= 11 is 0. The lowest BCUT2D eigenvalue weighted by molar-refractivity contribution is -0.116. The Morgan fingerprint density at radius 1 is 1.19 bits per heavy atom. The second-order valence-electron chi connectivity index (χ2n) is 4.83. The molecular formula is C16H19N3O2. The normalized spacial score (nSPS) is 10.3. The van der Waals surface area contributed by atoms with Gasteiger partial charge in [0.1, 0.15) is 0 Å². The molecule has 1 aromatic carbocycles. The number of rotatable bonds is 5. The van der Waals surface area contributed by atoms with Gasteiger partial charge in [-0.2, -0.15) is 0 Å². The van der Waals surface area contributed by atoms with E-state index in [1.165, 1.54) is 6.07 Å². The maximum atomic E-state index is 11.9. The fourth-order valence-electron chi connectivity index (χ4n) is 2.02. The Bertz CT molecular complexity index is 675. The van der Waals surface area contributed by atoms with Crippen molar-refractivity contribution < 1.29 is 4.79 Å². The van der Waals surface area contributed by atoms with Crippen molar-refractivity contribution in [3.8, 4) is 0 Å². The van der Waals surface area contributed by atoms with Gasteiger partial charge >= 0.3 is 0 Å². The number of amides is 1. The minimum atomic E-state index is -0.0758. The van der Waals surface area contributed by atoms with Gasteiger partial charge < -0.3 is 15.6 Å². The van der Waals surface area contributed by atoms with Crippen molar-refractivity contribution in [3.05, 3.63) is 58.5 Å². The summed E-state index contributed by atoms with van der Waals surface area (Å²) in [6.45, 7) is 2.46. The van der Waals surface area contributed by atoms with Crippen LogP contribution in [-0.4, -0.2) is 10.5 Å². The second kappa shape index (κ2) is 6.74. The number of nitrogens with zero attached hydrogens (tertiary/aromatic N) is 1. The van der Waals surface area contributed by atoms with Crippen molar-refractivity contribution in [2.45, 2.75) is 26.3 Å². The maximum Gasteiger partial charge on any atom is 0.250 e. The van der Waals surface area contributed by atoms with Gasteiger partial charge in [0, 0.05) is 30.9 Å². The maximum absolute atomic E-state index is 11.9. The number of carbonyl (C=O) groups excluding carboxylic acids is 1. The average Bonchev–Trinajstić information content (AvgIpc) is 2.48. The van der Waals surface area contributed by atoms with Crippen LogP contribution in [-0.2, 0) is 17.8 Å². The Labute approximate surface area is 123 Å². The molecule has 0 bridgehead atoms. The average molecular weight is 285 g/mol. The standard InChI is InChI=1S/C16H19N3O2/c1-2-19-11-14(8-10-16(19)21)18-15(20)9-5-12-3-6-13(17)7-4-12/h3-4,6-8,10-11H,2,5,9,17H2,1H3,(H,18,20). The molecule has 3 N–H and O–H groups in total. The topological polar surface area (TPSA) is 77.1 Å². The lowest BCUT2D eigenvalue weighted by Crippen LogP contribution is -2.19. The predicted octanol–water partition coefficient (Wildman–Crippen LogP) is 2.02. The number of pyridine rings is 1. The number of nitrogens with one attached hydrogen (secondary N) is 1. The smallest absolute Gasteiger partial charge is 0.250 e. The van der Waals surface area contributed by atoms with Crippen LogP contribution in [0.25, 0.3) is 0 Å². The quantitative estimate of drug-likeness (QED) is 0.825. The van der Waals surface area contributed by atoms with E-state index >= 15 is 0 Å². The number of anilines is 2. The molecule has 0 aliphatic carbocycles. The lowest BCUT2D eigenvalue weighted by atomic mass is 10.1. The molecule has 21 heavy (non-hydrogen) atoms. The van der Waals surface area contributed by atoms with Crippen LogP contribution >= 0.6 is 0 Å². The molecule has 0 unspecified atom stereocenters. The third-order valence-corrected chi connectivity index (χ3v) is 3.23. The molecule has 5 heteroatoms. The summed E-state index contributed by atoms with van der Waals surface area (Å²) in [6.07, 6.45) is 2.69. The molecule has 1 amide bonds. The van der Waals surface area contributed by atoms with Crippen molar-refractivity contribution in [1.29, 1.82) is 0 Å². The Kier molecular flexibility index (Phi) is 4.77. The zero-order chi connectivity index (χ0) is 15.2. The minimum absolute atomic E-state index is 0.0719. The third-order valence-electron chi connectivity index (χ3n) is 3.23. The number of carbonyl (C=O) groups is 1. The monoisotopic (exact) mass is 285 g/mol. The van der Waals surface area contributed by atoms with Crippen molar-refractivity contribution in [2.24, 2.45) is 0 Å². The Hall–Kier alpha value is -2.56. The summed E-state index contributed by atoms with van der Waals surface area (Å²) in [6, 6.07) is 10.6. The zero-order valence-corrected chi connectivity index (χ0v) is 12.0. The summed E-state index contributed by atoms with van der Waals surface area (Å²) in [7, 11) is 0. The van der Waals surface area contributed by atoms with E-state index < -0.39 is 0 Å². The number of aryl methyl sites for hydroxylation is 2. The van der Waals surface area contributed by atoms with Crippen LogP contribution in [0.2, 0.25) is 0 Å². The van der Waals surface area contributed by atoms with Gasteiger partial charge in [-0.05, 0) is 37.1 Å². The molecule has 2 aromatic rings. The van der Waals surface area contributed by atoms with E-state index in [-0.39, 0.29) is 11.5 Å². The van der Waals surface area contributed by atoms with Crippen molar-refractivity contribution in [1.82, 2.24) is 4.57 Å². The van der Waals surface area contributed by atoms with Crippen LogP contribution in [0.3, 0.4) is 0 Å². The summed E-state index contributed by atoms with van der Waals surface area (Å²) in [4.78, 5) is 23.4. The van der Waals surface area contributed by atoms with Crippen LogP contribution in [0.4, 0.5) is 11.4 Å². The second-order valence-corrected chi connectivity index (χ2v) is 4.83. The predicted molar refractivity (Wildman–Crippen MR) is 84.2 cm³/mol. The number of benzene rings is 1. The first-order valence-electron chi connectivity index (χ1n) is 6.93. The fourth-order valence-corrected chi connectivity index (χ4v) is 2.02. The first-order valence-corrected chi connectivity index (χ1v) is 6.93. The van der Waals surface area contributed by atoms with Gasteiger partial charge in [0.15, 0.2) is 0 Å². The van der Waals surface area contributed by atoms with Gasteiger partial charge in [0.05, 0.1) is 5.69 Å². The highest BCUT2D eigenvalue weighted by molar-refractivity contribution is 5.90. The molecule has 0 saturated heterocycles. The Morgan fingerprint density at radius 2 is 1.90 bits per heavy atom. The van der Waals surface area contributed by atoms with Crippen LogP contribution in [0.1, 0.15) is 18.9 Å². The van der Waals surface area contributed by atoms with E-state index in [1.807, 2.05) is 31.2 Å². The van der Waals surface area contributed by atoms with Gasteiger partial charge in [-0.3, -0.25) is 9.59 Å². The SMILES string of the molecule is CCn1cc(NC(=O)CCc2ccc(N)cc2)ccc1=O. The summed E-state index contributed by atoms with van der Waals surface area (Å²) in [5.41, 5.74) is 7.96. The van der Waals surface area contributed by atoms with Gasteiger partial charge in [-0.1, -0.05) is 12.1 Å². The highest BCUT2D eigenvalue weighted by Gasteiger charge is 2.04. The minimum Gasteiger partial charge on any atom is -0.399 e. The molecule has 0 spiro atoms. The van der Waals surface area contributed by atoms with Crippen molar-refractivity contribution in [2.75, 3.05) is 11.1 Å². The Balaban J connectivity index is 1.92. The first kappa shape index (κ1) is 14.8. The van der Waals surface area contributed by atoms with Crippen LogP contribution in [0.5, 0.6) is 0 Å². The molecule has 0 aliphatic rings. The molecule has 1 aromatic heterocycles. The molecule has 110 valence electrons. The highest BCUT2D eigenvalue weighted by atomic mass is 16.1. The summed E-state index contributed by atoms with van der Waals surface area (Å²) in [5, 5.41) is 2.80. The number of aromatic nitrogens is 1. The molecular weight excluding hydrogens is 266 g/mol. The molecule has 1 heterocycles. The van der Waals surface area contributed by atoms with Gasteiger partial charge in [-0.25, -0.2) is 0 Å². The van der Waals surface area contributed by atoms with E-state index in [4.69, 9.17) is 5.73 Å². The molecule has 2 rings (SSSR count). The lowest BCUT2D eigenvalue weighted by Gasteiger charge is -2.08. The van der Waals surface area contributed by atoms with Crippen LogP contribution in [0, 0.1) is 0 Å². The first-order chi connectivity index (χ1) is 10.1. The van der Waals surface area contributed by atoms with E-state index in [0.29, 0.717) is 30.8 Å². The van der Waals surface area contributed by atoms with Crippen molar-refractivity contribution in [3.63, 3.8) is 0 Å². The molecule has 5 nitrogen and oxygen atoms in total.